The number of benzene rings is 2. The van der Waals surface area contributed by atoms with Crippen LogP contribution >= 0.6 is 0 Å². The average Bonchev–Trinajstić information content (AvgIpc) is 3.64. The zero-order valence-corrected chi connectivity index (χ0v) is 43.6. The summed E-state index contributed by atoms with van der Waals surface area (Å²) in [5, 5.41) is 17.2. The molecule has 4 aliphatic rings. The molecule has 72 heavy (non-hydrogen) atoms. The summed E-state index contributed by atoms with van der Waals surface area (Å²) in [6.45, 7) is 14.3. The summed E-state index contributed by atoms with van der Waals surface area (Å²) in [5.74, 6) is 3.13. The lowest BCUT2D eigenvalue weighted by atomic mass is 9.83. The van der Waals surface area contributed by atoms with Crippen molar-refractivity contribution in [1.82, 2.24) is 40.0 Å². The van der Waals surface area contributed by atoms with Crippen LogP contribution in [-0.2, 0) is 52.8 Å². The number of rotatable bonds is 10. The zero-order valence-electron chi connectivity index (χ0n) is 43.6. The van der Waals surface area contributed by atoms with Gasteiger partial charge in [0.25, 0.3) is 5.91 Å². The Labute approximate surface area is 423 Å². The van der Waals surface area contributed by atoms with Gasteiger partial charge in [0.1, 0.15) is 17.8 Å². The summed E-state index contributed by atoms with van der Waals surface area (Å²) < 4.78 is 14.3. The van der Waals surface area contributed by atoms with Crippen molar-refractivity contribution in [3.8, 4) is 40.0 Å². The Balaban J connectivity index is 1.14. The summed E-state index contributed by atoms with van der Waals surface area (Å²) in [5.41, 5.74) is 8.93. The zero-order chi connectivity index (χ0) is 51.8. The number of aromatic hydroxyl groups is 1. The number of carbonyl (C=O) groups is 5. The number of nitrogens with one attached hydrogen (secondary N) is 2. The molecular formula is C56H72N8O8. The topological polar surface area (TPSA) is 179 Å². The lowest BCUT2D eigenvalue weighted by Crippen LogP contribution is -2.58. The first-order chi connectivity index (χ1) is 34.2. The highest BCUT2D eigenvalue weighted by Crippen LogP contribution is 2.51. The molecule has 6 bridgehead atoms. The second kappa shape index (κ2) is 21.1. The number of hydrogen-bond donors (Lipinski definition) is 3. The quantitative estimate of drug-likeness (QED) is 0.131. The number of hydrogen-bond acceptors (Lipinski definition) is 11. The fourth-order valence-electron chi connectivity index (χ4n) is 11.2. The summed E-state index contributed by atoms with van der Waals surface area (Å²) in [6.07, 6.45) is 5.97. The molecule has 1 aliphatic carbocycles. The van der Waals surface area contributed by atoms with Crippen molar-refractivity contribution >= 4 is 40.5 Å². The Hall–Kier alpha value is -6.28. The van der Waals surface area contributed by atoms with Crippen LogP contribution in [0.3, 0.4) is 0 Å². The molecule has 3 fully saturated rings. The van der Waals surface area contributed by atoms with Gasteiger partial charge in [-0.05, 0) is 136 Å². The lowest BCUT2D eigenvalue weighted by molar-refractivity contribution is -0.156. The molecule has 6 atom stereocenters. The maximum Gasteiger partial charge on any atom is 0.324 e. The minimum absolute atomic E-state index is 0.0364. The molecular weight excluding hydrogens is 913 g/mol. The number of pyridine rings is 1. The van der Waals surface area contributed by atoms with Crippen molar-refractivity contribution < 1.29 is 38.6 Å². The van der Waals surface area contributed by atoms with E-state index in [1.165, 1.54) is 9.91 Å². The van der Waals surface area contributed by atoms with E-state index in [0.29, 0.717) is 63.8 Å². The number of amides is 4. The van der Waals surface area contributed by atoms with E-state index < -0.39 is 40.8 Å². The molecule has 2 aromatic heterocycles. The molecule has 5 heterocycles. The maximum atomic E-state index is 15.1. The first-order valence-electron chi connectivity index (χ1n) is 25.5. The number of aryl methyl sites for hydroxylation is 1. The van der Waals surface area contributed by atoms with Crippen LogP contribution in [0.4, 0.5) is 0 Å². The number of esters is 1. The average molecular weight is 985 g/mol. The third-order valence-electron chi connectivity index (χ3n) is 15.1. The number of likely N-dealkylation sites (tertiary alicyclic amines) is 1. The Morgan fingerprint density at radius 1 is 1.03 bits per heavy atom. The number of methoxy groups -OCH3 is 1. The number of hydrazine groups is 1. The number of ether oxygens (including phenoxy) is 2. The third kappa shape index (κ3) is 10.6. The minimum Gasteiger partial charge on any atom is -0.508 e. The summed E-state index contributed by atoms with van der Waals surface area (Å²) in [6, 6.07) is 11.5. The number of carbonyl (C=O) groups excluding carboxylic acids is 5. The van der Waals surface area contributed by atoms with Crippen molar-refractivity contribution in [3.63, 3.8) is 0 Å². The van der Waals surface area contributed by atoms with Crippen LogP contribution in [0.25, 0.3) is 33.3 Å². The van der Waals surface area contributed by atoms with E-state index in [9.17, 15) is 24.3 Å². The van der Waals surface area contributed by atoms with E-state index in [1.807, 2.05) is 58.1 Å². The van der Waals surface area contributed by atoms with Crippen LogP contribution in [0, 0.1) is 34.5 Å². The monoisotopic (exact) mass is 985 g/mol. The number of cyclic esters (lactones) is 1. The van der Waals surface area contributed by atoms with Gasteiger partial charge in [0, 0.05) is 80.7 Å². The number of phenols is 1. The Kier molecular flexibility index (Phi) is 15.2. The predicted molar refractivity (Wildman–Crippen MR) is 275 cm³/mol. The summed E-state index contributed by atoms with van der Waals surface area (Å²) in [4.78, 5) is 80.1. The smallest absolute Gasteiger partial charge is 0.324 e. The molecule has 2 aromatic carbocycles. The van der Waals surface area contributed by atoms with Crippen molar-refractivity contribution in [2.24, 2.45) is 22.7 Å². The molecule has 3 aliphatic heterocycles. The van der Waals surface area contributed by atoms with Gasteiger partial charge in [-0.2, -0.15) is 0 Å². The van der Waals surface area contributed by atoms with Crippen LogP contribution < -0.4 is 10.7 Å². The van der Waals surface area contributed by atoms with Crippen LogP contribution in [0.15, 0.2) is 54.9 Å². The van der Waals surface area contributed by atoms with Crippen molar-refractivity contribution in [2.75, 3.05) is 61.0 Å². The molecule has 16 heteroatoms. The van der Waals surface area contributed by atoms with Gasteiger partial charge in [0.2, 0.25) is 17.7 Å². The van der Waals surface area contributed by atoms with Gasteiger partial charge < -0.3 is 34.3 Å². The number of phenolic OH excluding ortho intramolecular Hbond substituents is 1. The van der Waals surface area contributed by atoms with E-state index in [2.05, 4.69) is 71.1 Å². The van der Waals surface area contributed by atoms with E-state index in [0.717, 1.165) is 44.4 Å². The SMILES string of the molecule is CCn1c(-c2cnccc2[C@H](C)OC)c2c3cc(ccc31)-c1cc(O)cc(c1)CC1(CC1NC(=O)[C@H](C(C)C)N(C)C(=O)[C@H]1CCN(C(=O)C#CCN(C)C)C1)C(=O)N1CCC[C@H](N1)C(=O)OCC(C)(C)C2. The molecule has 0 radical (unpaired) electrons. The first-order valence-corrected chi connectivity index (χ1v) is 25.5. The van der Waals surface area contributed by atoms with Crippen molar-refractivity contribution in [2.45, 2.75) is 111 Å². The second-order valence-electron chi connectivity index (χ2n) is 21.8. The van der Waals surface area contributed by atoms with E-state index >= 15 is 4.79 Å². The van der Waals surface area contributed by atoms with Gasteiger partial charge in [-0.1, -0.05) is 45.7 Å². The molecule has 16 nitrogen and oxygen atoms in total. The van der Waals surface area contributed by atoms with Crippen molar-refractivity contribution in [1.29, 1.82) is 0 Å². The molecule has 2 saturated heterocycles. The summed E-state index contributed by atoms with van der Waals surface area (Å²) >= 11 is 0. The summed E-state index contributed by atoms with van der Waals surface area (Å²) in [7, 11) is 7.07. The Morgan fingerprint density at radius 3 is 2.53 bits per heavy atom. The molecule has 1 spiro atoms. The largest absolute Gasteiger partial charge is 0.508 e. The molecule has 1 saturated carbocycles. The van der Waals surface area contributed by atoms with Crippen LogP contribution in [0.2, 0.25) is 0 Å². The van der Waals surface area contributed by atoms with E-state index in [-0.39, 0.29) is 61.0 Å². The fraction of sp³-hybridized carbons (Fsp3) is 0.536. The first kappa shape index (κ1) is 52.1. The van der Waals surface area contributed by atoms with Gasteiger partial charge in [0.15, 0.2) is 0 Å². The van der Waals surface area contributed by atoms with E-state index in [4.69, 9.17) is 9.47 Å². The normalized spacial score (nSPS) is 22.8. The third-order valence-corrected chi connectivity index (χ3v) is 15.1. The molecule has 4 amide bonds. The highest BCUT2D eigenvalue weighted by molar-refractivity contribution is 5.97. The number of nitrogens with zero attached hydrogens (tertiary/aromatic N) is 6. The Bertz CT molecular complexity index is 2810. The Morgan fingerprint density at radius 2 is 1.81 bits per heavy atom. The fourth-order valence-corrected chi connectivity index (χ4v) is 11.2. The number of fused-ring (bicyclic) bond motifs is 6. The lowest BCUT2D eigenvalue weighted by Gasteiger charge is -2.36. The molecule has 3 N–H and O–H groups in total. The van der Waals surface area contributed by atoms with Gasteiger partial charge in [-0.15, -0.1) is 0 Å². The van der Waals surface area contributed by atoms with Gasteiger partial charge >= 0.3 is 5.97 Å². The molecule has 4 aromatic rings. The van der Waals surface area contributed by atoms with Crippen molar-refractivity contribution in [3.05, 3.63) is 71.5 Å². The molecule has 384 valence electrons. The van der Waals surface area contributed by atoms with Gasteiger partial charge in [0.05, 0.1) is 36.3 Å². The predicted octanol–water partition coefficient (Wildman–Crippen LogP) is 5.74. The molecule has 8 rings (SSSR count). The van der Waals surface area contributed by atoms with Crippen LogP contribution in [0.1, 0.15) is 90.0 Å². The number of likely N-dealkylation sites (N-methyl/N-ethyl adjacent to an activating group) is 1. The highest BCUT2D eigenvalue weighted by Gasteiger charge is 2.62. The highest BCUT2D eigenvalue weighted by atomic mass is 16.5. The van der Waals surface area contributed by atoms with Gasteiger partial charge in [-0.3, -0.25) is 38.9 Å². The molecule has 2 unspecified atom stereocenters. The van der Waals surface area contributed by atoms with E-state index in [1.54, 1.807) is 37.4 Å². The standard InChI is InChI=1S/C56H72N8O8/c1-11-63-46-17-16-37-27-42(46)43(50(63)44-31-57-20-18-41(44)35(4)71-10)29-55(5,6)33-72-53(69)45-14-12-22-64(59-45)54(70)56(28-36-24-39(37)26-40(65)25-36)30-47(56)58-51(67)49(34(2)3)61(9)52(68)38-19-23-62(32-38)48(66)15-13-21-60(7)8/h16-18,20,24-27,31,34-35,38,45,47,49,59,65H,11-12,14,19,21-23,28-30,32-33H2,1-10H3,(H,58,67)/t35-,38-,45-,47?,49-,56?/m0/s1. The van der Waals surface area contributed by atoms with Gasteiger partial charge in [-0.25, -0.2) is 5.43 Å². The maximum absolute atomic E-state index is 15.1. The van der Waals surface area contributed by atoms with Crippen LogP contribution in [-0.4, -0.2) is 143 Å². The second-order valence-corrected chi connectivity index (χ2v) is 21.8. The minimum atomic E-state index is -1.15. The van der Waals surface area contributed by atoms with Crippen LogP contribution in [0.5, 0.6) is 5.75 Å². The number of aromatic nitrogens is 2.